The average Bonchev–Trinajstić information content (AvgIpc) is 2.55. The van der Waals surface area contributed by atoms with E-state index in [0.717, 1.165) is 31.1 Å². The normalized spacial score (nSPS) is 22.7. The zero-order valence-electron chi connectivity index (χ0n) is 14.4. The summed E-state index contributed by atoms with van der Waals surface area (Å²) in [5.41, 5.74) is 10.2. The Morgan fingerprint density at radius 1 is 1.30 bits per heavy atom. The lowest BCUT2D eigenvalue weighted by molar-refractivity contribution is 0.189. The molecule has 1 aliphatic carbocycles. The van der Waals surface area contributed by atoms with Crippen LogP contribution in [0, 0.1) is 5.92 Å². The Balaban J connectivity index is 1.53. The summed E-state index contributed by atoms with van der Waals surface area (Å²) in [4.78, 5) is 7.04. The van der Waals surface area contributed by atoms with Gasteiger partial charge in [-0.05, 0) is 68.2 Å². The maximum atomic E-state index is 6.10. The zero-order chi connectivity index (χ0) is 16.1. The van der Waals surface area contributed by atoms with Crippen molar-refractivity contribution < 1.29 is 0 Å². The third kappa shape index (κ3) is 4.47. The van der Waals surface area contributed by atoms with Gasteiger partial charge in [0.2, 0.25) is 0 Å². The van der Waals surface area contributed by atoms with Crippen LogP contribution in [0.25, 0.3) is 0 Å². The Bertz CT molecular complexity index is 552. The van der Waals surface area contributed by atoms with Crippen LogP contribution in [-0.4, -0.2) is 37.0 Å². The van der Waals surface area contributed by atoms with Crippen LogP contribution in [0.2, 0.25) is 0 Å². The van der Waals surface area contributed by atoms with Gasteiger partial charge >= 0.3 is 0 Å². The molecule has 0 radical (unpaired) electrons. The van der Waals surface area contributed by atoms with E-state index >= 15 is 0 Å². The molecule has 0 amide bonds. The van der Waals surface area contributed by atoms with Crippen LogP contribution >= 0.6 is 0 Å². The Morgan fingerprint density at radius 2 is 2.17 bits per heavy atom. The largest absolute Gasteiger partial charge is 0.370 e. The van der Waals surface area contributed by atoms with Gasteiger partial charge < -0.3 is 16.0 Å². The molecule has 126 valence electrons. The Labute approximate surface area is 140 Å². The molecule has 3 N–H and O–H groups in total. The molecule has 0 spiro atoms. The van der Waals surface area contributed by atoms with E-state index in [2.05, 4.69) is 40.3 Å². The number of benzene rings is 1. The zero-order valence-corrected chi connectivity index (χ0v) is 14.4. The van der Waals surface area contributed by atoms with E-state index in [4.69, 9.17) is 5.73 Å². The Hall–Kier alpha value is -1.55. The van der Waals surface area contributed by atoms with E-state index in [0.29, 0.717) is 5.96 Å². The molecule has 1 aromatic rings. The third-order valence-electron chi connectivity index (χ3n) is 5.10. The SMILES string of the molecule is CC1CCCN(CCN=C(N)Nc2cccc3c2CCCC3)C1. The second-order valence-electron chi connectivity index (χ2n) is 7.09. The summed E-state index contributed by atoms with van der Waals surface area (Å²) in [6.45, 7) is 6.54. The summed E-state index contributed by atoms with van der Waals surface area (Å²) in [5, 5.41) is 3.33. The van der Waals surface area contributed by atoms with Crippen LogP contribution in [0.1, 0.15) is 43.7 Å². The van der Waals surface area contributed by atoms with Gasteiger partial charge in [0.1, 0.15) is 0 Å². The molecule has 1 aromatic carbocycles. The topological polar surface area (TPSA) is 53.6 Å². The fourth-order valence-corrected chi connectivity index (χ4v) is 3.88. The van der Waals surface area contributed by atoms with E-state index in [-0.39, 0.29) is 0 Å². The van der Waals surface area contributed by atoms with Gasteiger partial charge in [-0.15, -0.1) is 0 Å². The molecule has 0 aromatic heterocycles. The van der Waals surface area contributed by atoms with E-state index in [1.54, 1.807) is 0 Å². The molecular formula is C19H30N4. The van der Waals surface area contributed by atoms with Crippen LogP contribution in [0.3, 0.4) is 0 Å². The number of likely N-dealkylation sites (tertiary alicyclic amines) is 1. The first-order valence-electron chi connectivity index (χ1n) is 9.12. The minimum Gasteiger partial charge on any atom is -0.370 e. The molecule has 1 aliphatic heterocycles. The molecule has 0 bridgehead atoms. The maximum Gasteiger partial charge on any atom is 0.193 e. The summed E-state index contributed by atoms with van der Waals surface area (Å²) < 4.78 is 0. The number of aryl methyl sites for hydroxylation is 1. The van der Waals surface area contributed by atoms with Gasteiger partial charge in [0.25, 0.3) is 0 Å². The molecule has 3 rings (SSSR count). The molecule has 0 saturated carbocycles. The molecule has 1 unspecified atom stereocenters. The van der Waals surface area contributed by atoms with Crippen molar-refractivity contribution in [2.45, 2.75) is 45.4 Å². The van der Waals surface area contributed by atoms with Gasteiger partial charge in [-0.25, -0.2) is 0 Å². The van der Waals surface area contributed by atoms with Crippen molar-refractivity contribution >= 4 is 11.6 Å². The number of guanidine groups is 1. The van der Waals surface area contributed by atoms with Gasteiger partial charge in [-0.2, -0.15) is 0 Å². The lowest BCUT2D eigenvalue weighted by atomic mass is 9.90. The van der Waals surface area contributed by atoms with Crippen LogP contribution in [0.15, 0.2) is 23.2 Å². The highest BCUT2D eigenvalue weighted by molar-refractivity contribution is 5.93. The summed E-state index contributed by atoms with van der Waals surface area (Å²) >= 11 is 0. The van der Waals surface area contributed by atoms with Gasteiger partial charge in [0.05, 0.1) is 6.54 Å². The molecule has 1 heterocycles. The quantitative estimate of drug-likeness (QED) is 0.663. The van der Waals surface area contributed by atoms with Crippen LogP contribution in [-0.2, 0) is 12.8 Å². The third-order valence-corrected chi connectivity index (χ3v) is 5.10. The Kier molecular flexibility index (Phi) is 5.55. The van der Waals surface area contributed by atoms with E-state index in [1.807, 2.05) is 0 Å². The number of nitrogens with one attached hydrogen (secondary N) is 1. The van der Waals surface area contributed by atoms with Gasteiger partial charge in [0.15, 0.2) is 5.96 Å². The highest BCUT2D eigenvalue weighted by atomic mass is 15.2. The number of aliphatic imine (C=N–C) groups is 1. The van der Waals surface area contributed by atoms with Crippen LogP contribution in [0.5, 0.6) is 0 Å². The molecule has 1 fully saturated rings. The number of piperidine rings is 1. The maximum absolute atomic E-state index is 6.10. The summed E-state index contributed by atoms with van der Waals surface area (Å²) in [6.07, 6.45) is 7.59. The predicted octanol–water partition coefficient (Wildman–Crippen LogP) is 3.02. The predicted molar refractivity (Wildman–Crippen MR) is 98.0 cm³/mol. The number of rotatable bonds is 4. The smallest absolute Gasteiger partial charge is 0.193 e. The van der Waals surface area contributed by atoms with Gasteiger partial charge in [-0.3, -0.25) is 4.99 Å². The molecule has 1 atom stereocenters. The van der Waals surface area contributed by atoms with Crippen molar-refractivity contribution in [2.75, 3.05) is 31.5 Å². The number of anilines is 1. The number of nitrogens with zero attached hydrogens (tertiary/aromatic N) is 2. The average molecular weight is 314 g/mol. The van der Waals surface area contributed by atoms with Crippen molar-refractivity contribution in [3.05, 3.63) is 29.3 Å². The summed E-state index contributed by atoms with van der Waals surface area (Å²) in [6, 6.07) is 6.48. The molecular weight excluding hydrogens is 284 g/mol. The first-order valence-corrected chi connectivity index (χ1v) is 9.12. The first kappa shape index (κ1) is 16.3. The highest BCUT2D eigenvalue weighted by Crippen LogP contribution is 2.27. The molecule has 1 saturated heterocycles. The van der Waals surface area contributed by atoms with E-state index in [1.165, 1.54) is 56.3 Å². The monoisotopic (exact) mass is 314 g/mol. The second-order valence-corrected chi connectivity index (χ2v) is 7.09. The second kappa shape index (κ2) is 7.82. The van der Waals surface area contributed by atoms with Crippen LogP contribution in [0.4, 0.5) is 5.69 Å². The molecule has 23 heavy (non-hydrogen) atoms. The Morgan fingerprint density at radius 3 is 3.04 bits per heavy atom. The summed E-state index contributed by atoms with van der Waals surface area (Å²) in [5.74, 6) is 1.37. The minimum absolute atomic E-state index is 0.550. The molecule has 2 aliphatic rings. The lowest BCUT2D eigenvalue weighted by Gasteiger charge is -2.30. The summed E-state index contributed by atoms with van der Waals surface area (Å²) in [7, 11) is 0. The van der Waals surface area contributed by atoms with E-state index < -0.39 is 0 Å². The number of nitrogens with two attached hydrogens (primary N) is 1. The van der Waals surface area contributed by atoms with Gasteiger partial charge in [-0.1, -0.05) is 19.1 Å². The van der Waals surface area contributed by atoms with Crippen molar-refractivity contribution in [3.63, 3.8) is 0 Å². The number of fused-ring (bicyclic) bond motifs is 1. The molecule has 4 nitrogen and oxygen atoms in total. The van der Waals surface area contributed by atoms with Crippen molar-refractivity contribution in [2.24, 2.45) is 16.6 Å². The highest BCUT2D eigenvalue weighted by Gasteiger charge is 2.15. The number of hydrogen-bond donors (Lipinski definition) is 2. The molecule has 4 heteroatoms. The first-order chi connectivity index (χ1) is 11.2. The van der Waals surface area contributed by atoms with Gasteiger partial charge in [0, 0.05) is 18.8 Å². The van der Waals surface area contributed by atoms with Crippen molar-refractivity contribution in [3.8, 4) is 0 Å². The van der Waals surface area contributed by atoms with Crippen molar-refractivity contribution in [1.82, 2.24) is 4.90 Å². The number of hydrogen-bond acceptors (Lipinski definition) is 2. The standard InChI is InChI=1S/C19H30N4/c1-15-6-5-12-23(14-15)13-11-21-19(20)22-18-10-4-8-16-7-2-3-9-17(16)18/h4,8,10,15H,2-3,5-7,9,11-14H2,1H3,(H3,20,21,22). The minimum atomic E-state index is 0.550. The fraction of sp³-hybridized carbons (Fsp3) is 0.632. The lowest BCUT2D eigenvalue weighted by Crippen LogP contribution is -2.36. The van der Waals surface area contributed by atoms with Crippen molar-refractivity contribution in [1.29, 1.82) is 0 Å². The van der Waals surface area contributed by atoms with Crippen LogP contribution < -0.4 is 11.1 Å². The van der Waals surface area contributed by atoms with E-state index in [9.17, 15) is 0 Å². The fourth-order valence-electron chi connectivity index (χ4n) is 3.88.